The molecule has 0 aromatic carbocycles. The van der Waals surface area contributed by atoms with Crippen molar-refractivity contribution in [3.05, 3.63) is 16.5 Å². The quantitative estimate of drug-likeness (QED) is 0.799. The maximum absolute atomic E-state index is 12.2. The average molecular weight is 388 g/mol. The van der Waals surface area contributed by atoms with Gasteiger partial charge in [0.25, 0.3) is 10.0 Å². The molecule has 0 saturated carbocycles. The number of hydrogen-bond acceptors (Lipinski definition) is 5. The van der Waals surface area contributed by atoms with Gasteiger partial charge in [0.15, 0.2) is 0 Å². The number of sulfonamides is 1. The number of hydrogen-bond donors (Lipinski definition) is 2. The van der Waals surface area contributed by atoms with E-state index in [1.807, 2.05) is 0 Å². The van der Waals surface area contributed by atoms with E-state index in [4.69, 9.17) is 17.3 Å². The summed E-state index contributed by atoms with van der Waals surface area (Å²) in [6, 6.07) is 2.94. The van der Waals surface area contributed by atoms with Crippen LogP contribution in [-0.4, -0.2) is 44.9 Å². The molecule has 0 radical (unpaired) electrons. The van der Waals surface area contributed by atoms with Crippen molar-refractivity contribution in [1.29, 1.82) is 0 Å². The van der Waals surface area contributed by atoms with E-state index in [-0.39, 0.29) is 35.1 Å². The minimum Gasteiger partial charge on any atom is -0.337 e. The van der Waals surface area contributed by atoms with Crippen molar-refractivity contribution in [1.82, 2.24) is 9.62 Å². The van der Waals surface area contributed by atoms with Crippen LogP contribution in [0, 0.1) is 0 Å². The van der Waals surface area contributed by atoms with Crippen LogP contribution in [0.2, 0.25) is 4.34 Å². The van der Waals surface area contributed by atoms with Gasteiger partial charge in [-0.05, 0) is 31.4 Å². The number of halogens is 2. The third-order valence-corrected chi connectivity index (χ3v) is 6.57. The molecule has 1 aliphatic rings. The summed E-state index contributed by atoms with van der Waals surface area (Å²) in [5.74, 6) is -0.239. The summed E-state index contributed by atoms with van der Waals surface area (Å²) in [7, 11) is -3.69. The molecule has 1 amide bonds. The highest BCUT2D eigenvalue weighted by Gasteiger charge is 2.26. The molecule has 1 unspecified atom stereocenters. The highest BCUT2D eigenvalue weighted by Crippen LogP contribution is 2.25. The lowest BCUT2D eigenvalue weighted by Crippen LogP contribution is -2.50. The largest absolute Gasteiger partial charge is 0.337 e. The van der Waals surface area contributed by atoms with Gasteiger partial charge in [-0.3, -0.25) is 4.79 Å². The van der Waals surface area contributed by atoms with E-state index in [1.54, 1.807) is 4.90 Å². The lowest BCUT2D eigenvalue weighted by atomic mass is 10.0. The molecule has 10 heteroatoms. The molecular formula is C12H19Cl2N3O3S2. The first-order valence-corrected chi connectivity index (χ1v) is 9.36. The molecular weight excluding hydrogens is 369 g/mol. The topological polar surface area (TPSA) is 92.5 Å². The molecule has 0 bridgehead atoms. The fourth-order valence-corrected chi connectivity index (χ4v) is 4.85. The second kappa shape index (κ2) is 8.47. The summed E-state index contributed by atoms with van der Waals surface area (Å²) in [6.07, 6.45) is 2.84. The van der Waals surface area contributed by atoms with Gasteiger partial charge in [0.2, 0.25) is 5.91 Å². The maximum atomic E-state index is 12.2. The van der Waals surface area contributed by atoms with Crippen LogP contribution in [0.5, 0.6) is 0 Å². The molecule has 6 nitrogen and oxygen atoms in total. The first-order valence-electron chi connectivity index (χ1n) is 6.68. The molecule has 1 atom stereocenters. The summed E-state index contributed by atoms with van der Waals surface area (Å²) < 4.78 is 26.9. The molecule has 2 rings (SSSR count). The van der Waals surface area contributed by atoms with Gasteiger partial charge in [-0.15, -0.1) is 23.7 Å². The van der Waals surface area contributed by atoms with Crippen molar-refractivity contribution in [3.63, 3.8) is 0 Å². The highest BCUT2D eigenvalue weighted by molar-refractivity contribution is 7.91. The van der Waals surface area contributed by atoms with Crippen LogP contribution < -0.4 is 10.5 Å². The highest BCUT2D eigenvalue weighted by atomic mass is 35.5. The van der Waals surface area contributed by atoms with Gasteiger partial charge in [0.05, 0.1) is 10.9 Å². The molecule has 1 aliphatic heterocycles. The Kier molecular flexibility index (Phi) is 7.57. The molecule has 3 N–H and O–H groups in total. The van der Waals surface area contributed by atoms with Crippen molar-refractivity contribution in [3.8, 4) is 0 Å². The van der Waals surface area contributed by atoms with E-state index in [0.29, 0.717) is 17.4 Å². The van der Waals surface area contributed by atoms with Crippen molar-refractivity contribution in [2.75, 3.05) is 19.6 Å². The number of thiophene rings is 1. The fourth-order valence-electron chi connectivity index (χ4n) is 2.35. The van der Waals surface area contributed by atoms with E-state index < -0.39 is 10.0 Å². The van der Waals surface area contributed by atoms with E-state index >= 15 is 0 Å². The van der Waals surface area contributed by atoms with Crippen molar-refractivity contribution >= 4 is 51.3 Å². The zero-order chi connectivity index (χ0) is 15.5. The summed E-state index contributed by atoms with van der Waals surface area (Å²) in [6.45, 7) is 0.778. The Morgan fingerprint density at radius 2 is 2.18 bits per heavy atom. The molecule has 1 fully saturated rings. The van der Waals surface area contributed by atoms with Crippen LogP contribution >= 0.6 is 35.3 Å². The number of piperidine rings is 1. The van der Waals surface area contributed by atoms with Crippen LogP contribution in [-0.2, 0) is 14.8 Å². The smallest absolute Gasteiger partial charge is 0.250 e. The zero-order valence-electron chi connectivity index (χ0n) is 11.8. The molecule has 0 aliphatic carbocycles. The molecule has 126 valence electrons. The van der Waals surface area contributed by atoms with Crippen LogP contribution in [0.25, 0.3) is 0 Å². The number of nitrogens with zero attached hydrogens (tertiary/aromatic N) is 1. The number of rotatable bonds is 5. The van der Waals surface area contributed by atoms with Crippen LogP contribution in [0.4, 0.5) is 0 Å². The third kappa shape index (κ3) is 4.81. The Balaban J connectivity index is 0.00000242. The van der Waals surface area contributed by atoms with E-state index in [2.05, 4.69) is 4.72 Å². The van der Waals surface area contributed by atoms with Gasteiger partial charge in [-0.25, -0.2) is 13.1 Å². The van der Waals surface area contributed by atoms with Gasteiger partial charge in [-0.2, -0.15) is 0 Å². The number of carbonyl (C=O) groups excluding carboxylic acids is 1. The Morgan fingerprint density at radius 3 is 2.77 bits per heavy atom. The van der Waals surface area contributed by atoms with Crippen molar-refractivity contribution in [2.45, 2.75) is 29.5 Å². The number of carbonyl (C=O) groups is 1. The molecule has 1 saturated heterocycles. The minimum absolute atomic E-state index is 0. The number of amides is 1. The molecule has 1 aromatic heterocycles. The van der Waals surface area contributed by atoms with E-state index in [0.717, 1.165) is 30.6 Å². The van der Waals surface area contributed by atoms with E-state index in [9.17, 15) is 13.2 Å². The van der Waals surface area contributed by atoms with Gasteiger partial charge in [-0.1, -0.05) is 11.6 Å². The number of nitrogens with one attached hydrogen (secondary N) is 1. The Morgan fingerprint density at radius 1 is 1.45 bits per heavy atom. The maximum Gasteiger partial charge on any atom is 0.250 e. The van der Waals surface area contributed by atoms with Crippen molar-refractivity contribution in [2.24, 2.45) is 5.73 Å². The van der Waals surface area contributed by atoms with Crippen LogP contribution in [0.1, 0.15) is 19.3 Å². The Labute approximate surface area is 145 Å². The average Bonchev–Trinajstić information content (AvgIpc) is 2.92. The summed E-state index contributed by atoms with van der Waals surface area (Å²) >= 11 is 6.68. The van der Waals surface area contributed by atoms with Crippen LogP contribution in [0.15, 0.2) is 16.3 Å². The summed E-state index contributed by atoms with van der Waals surface area (Å²) in [5, 5.41) is 0. The molecule has 22 heavy (non-hydrogen) atoms. The predicted octanol–water partition coefficient (Wildman–Crippen LogP) is 1.44. The first kappa shape index (κ1) is 19.7. The molecule has 1 aromatic rings. The number of likely N-dealkylation sites (tertiary alicyclic amines) is 1. The number of nitrogens with two attached hydrogens (primary N) is 1. The molecule has 2 heterocycles. The SMILES string of the molecule is Cl.NCC1CCCCN1C(=O)CNS(=O)(=O)c1ccc(Cl)s1. The Hall–Kier alpha value is -0.380. The predicted molar refractivity (Wildman–Crippen MR) is 90.2 cm³/mol. The summed E-state index contributed by atoms with van der Waals surface area (Å²) in [5.41, 5.74) is 5.66. The lowest BCUT2D eigenvalue weighted by Gasteiger charge is -2.35. The fraction of sp³-hybridized carbons (Fsp3) is 0.583. The van der Waals surface area contributed by atoms with Gasteiger partial charge >= 0.3 is 0 Å². The minimum atomic E-state index is -3.69. The monoisotopic (exact) mass is 387 g/mol. The van der Waals surface area contributed by atoms with Crippen LogP contribution in [0.3, 0.4) is 0 Å². The first-order chi connectivity index (χ1) is 9.94. The lowest BCUT2D eigenvalue weighted by molar-refractivity contribution is -0.133. The molecule has 0 spiro atoms. The van der Waals surface area contributed by atoms with Gasteiger partial charge in [0.1, 0.15) is 4.21 Å². The second-order valence-electron chi connectivity index (χ2n) is 4.86. The zero-order valence-corrected chi connectivity index (χ0v) is 15.0. The van der Waals surface area contributed by atoms with E-state index in [1.165, 1.54) is 12.1 Å². The third-order valence-electron chi connectivity index (χ3n) is 3.45. The standard InChI is InChI=1S/C12H18ClN3O3S2.ClH/c13-10-4-5-12(20-10)21(18,19)15-8-11(17)16-6-2-1-3-9(16)7-14;/h4-5,9,15H,1-3,6-8,14H2;1H. The van der Waals surface area contributed by atoms with Crippen molar-refractivity contribution < 1.29 is 13.2 Å². The van der Waals surface area contributed by atoms with Gasteiger partial charge < -0.3 is 10.6 Å². The van der Waals surface area contributed by atoms with Gasteiger partial charge in [0, 0.05) is 19.1 Å². The summed E-state index contributed by atoms with van der Waals surface area (Å²) in [4.78, 5) is 13.8. The Bertz CT molecular complexity index is 607. The normalized spacial score (nSPS) is 18.8. The second-order valence-corrected chi connectivity index (χ2v) is 8.56.